The molecule has 0 N–H and O–H groups in total. The molecule has 0 aromatic carbocycles. The highest BCUT2D eigenvalue weighted by Gasteiger charge is 2.07. The number of hydrogen-bond donors (Lipinski definition) is 0. The quantitative estimate of drug-likeness (QED) is 0.429. The summed E-state index contributed by atoms with van der Waals surface area (Å²) in [6.45, 7) is 0. The molecule has 0 atom stereocenters. The lowest BCUT2D eigenvalue weighted by molar-refractivity contribution is -0.104. The molecule has 0 unspecified atom stereocenters. The van der Waals surface area contributed by atoms with Crippen molar-refractivity contribution in [1.29, 1.82) is 0 Å². The fraction of sp³-hybridized carbons (Fsp3) is 0. The van der Waals surface area contributed by atoms with Crippen LogP contribution in [0.15, 0.2) is 19.0 Å². The van der Waals surface area contributed by atoms with E-state index in [2.05, 4.69) is 15.9 Å². The summed E-state index contributed by atoms with van der Waals surface area (Å²) in [5, 5.41) is -0.259. The molecule has 0 amide bonds. The molecule has 0 saturated heterocycles. The van der Waals surface area contributed by atoms with Gasteiger partial charge in [-0.1, -0.05) is 46.4 Å². The van der Waals surface area contributed by atoms with E-state index in [1.54, 1.807) is 0 Å². The molecule has 0 aliphatic carbocycles. The average Bonchev–Trinajstić information content (AvgIpc) is 2.00. The van der Waals surface area contributed by atoms with E-state index in [1.807, 2.05) is 0 Å². The molecule has 11 heavy (non-hydrogen) atoms. The molecule has 0 fully saturated rings. The first-order valence-corrected chi connectivity index (χ1v) is 4.52. The van der Waals surface area contributed by atoms with Crippen LogP contribution >= 0.6 is 62.3 Å². The summed E-state index contributed by atoms with van der Waals surface area (Å²) >= 11 is 24.6. The van der Waals surface area contributed by atoms with Gasteiger partial charge < -0.3 is 0 Å². The predicted octanol–water partition coefficient (Wildman–Crippen LogP) is 3.92. The van der Waals surface area contributed by atoms with Crippen LogP contribution < -0.4 is 0 Å². The zero-order chi connectivity index (χ0) is 9.02. The first-order valence-electron chi connectivity index (χ1n) is 2.22. The predicted molar refractivity (Wildman–Crippen MR) is 52.5 cm³/mol. The number of rotatable bonds is 2. The van der Waals surface area contributed by atoms with E-state index in [9.17, 15) is 4.79 Å². The number of hydrogen-bond acceptors (Lipinski definition) is 1. The number of allylic oxidation sites excluding steroid dienone is 3. The van der Waals surface area contributed by atoms with Gasteiger partial charge in [-0.2, -0.15) is 0 Å². The van der Waals surface area contributed by atoms with Gasteiger partial charge in [-0.15, -0.1) is 0 Å². The van der Waals surface area contributed by atoms with E-state index >= 15 is 0 Å². The summed E-state index contributed by atoms with van der Waals surface area (Å²) in [6, 6.07) is 0. The average molecular weight is 299 g/mol. The number of carbonyl (C=O) groups excluding carboxylic acids is 1. The molecule has 62 valence electrons. The van der Waals surface area contributed by atoms with Crippen LogP contribution in [0.1, 0.15) is 0 Å². The summed E-state index contributed by atoms with van der Waals surface area (Å²) in [5.41, 5.74) is 0. The molecule has 0 aromatic heterocycles. The van der Waals surface area contributed by atoms with Gasteiger partial charge in [0, 0.05) is 0 Å². The molecular weight excluding hydrogens is 298 g/mol. The standard InChI is InChI=1S/C5HBrCl4O/c6-5(10)4(9)3(8)2(7)1-11/h1H/b3-2-,5-4+. The van der Waals surface area contributed by atoms with E-state index in [1.165, 1.54) is 0 Å². The Balaban J connectivity index is 4.90. The molecule has 0 saturated carbocycles. The van der Waals surface area contributed by atoms with E-state index in [4.69, 9.17) is 46.4 Å². The van der Waals surface area contributed by atoms with Gasteiger partial charge in [0.05, 0.1) is 10.1 Å². The van der Waals surface area contributed by atoms with Gasteiger partial charge >= 0.3 is 0 Å². The van der Waals surface area contributed by atoms with Crippen molar-refractivity contribution in [2.75, 3.05) is 0 Å². The summed E-state index contributed by atoms with van der Waals surface area (Å²) in [5.74, 6) is 0. The fourth-order valence-corrected chi connectivity index (χ4v) is 1.08. The second-order valence-electron chi connectivity index (χ2n) is 1.35. The van der Waals surface area contributed by atoms with Gasteiger partial charge in [-0.05, 0) is 15.9 Å². The minimum absolute atomic E-state index is 0.00503. The number of halogens is 5. The topological polar surface area (TPSA) is 17.1 Å². The van der Waals surface area contributed by atoms with Crippen molar-refractivity contribution < 1.29 is 4.79 Å². The van der Waals surface area contributed by atoms with E-state index in [0.717, 1.165) is 0 Å². The minimum Gasteiger partial charge on any atom is -0.297 e. The Labute approximate surface area is 92.1 Å². The van der Waals surface area contributed by atoms with Crippen LogP contribution in [0.4, 0.5) is 0 Å². The molecule has 0 radical (unpaired) electrons. The van der Waals surface area contributed by atoms with Crippen LogP contribution in [-0.2, 0) is 4.79 Å². The molecule has 0 rings (SSSR count). The van der Waals surface area contributed by atoms with E-state index in [-0.39, 0.29) is 19.0 Å². The second kappa shape index (κ2) is 5.44. The van der Waals surface area contributed by atoms with Crippen LogP contribution in [-0.4, -0.2) is 6.29 Å². The SMILES string of the molecule is O=C/C(Cl)=C(Cl)\C(Cl)=C(/Cl)Br. The van der Waals surface area contributed by atoms with Crippen LogP contribution in [0.3, 0.4) is 0 Å². The number of aldehydes is 1. The van der Waals surface area contributed by atoms with Crippen LogP contribution in [0.25, 0.3) is 0 Å². The highest BCUT2D eigenvalue weighted by atomic mass is 79.9. The van der Waals surface area contributed by atoms with Crippen LogP contribution in [0.5, 0.6) is 0 Å². The van der Waals surface area contributed by atoms with Crippen molar-refractivity contribution in [3.05, 3.63) is 19.0 Å². The monoisotopic (exact) mass is 296 g/mol. The fourth-order valence-electron chi connectivity index (χ4n) is 0.240. The Morgan fingerprint density at radius 2 is 1.55 bits per heavy atom. The Hall–Kier alpha value is 0.790. The van der Waals surface area contributed by atoms with Crippen molar-refractivity contribution >= 4 is 68.6 Å². The largest absolute Gasteiger partial charge is 0.297 e. The van der Waals surface area contributed by atoms with Crippen molar-refractivity contribution in [3.63, 3.8) is 0 Å². The second-order valence-corrected chi connectivity index (χ2v) is 4.14. The highest BCUT2D eigenvalue weighted by Crippen LogP contribution is 2.31. The molecule has 6 heteroatoms. The zero-order valence-corrected chi connectivity index (χ0v) is 9.49. The molecule has 0 heterocycles. The van der Waals surface area contributed by atoms with Crippen molar-refractivity contribution in [2.45, 2.75) is 0 Å². The molecule has 0 aliphatic heterocycles. The zero-order valence-electron chi connectivity index (χ0n) is 4.88. The lowest BCUT2D eigenvalue weighted by Gasteiger charge is -1.95. The van der Waals surface area contributed by atoms with Crippen molar-refractivity contribution in [2.24, 2.45) is 0 Å². The summed E-state index contributed by atoms with van der Waals surface area (Å²) < 4.78 is 0.101. The first kappa shape index (κ1) is 11.8. The Morgan fingerprint density at radius 1 is 1.09 bits per heavy atom. The third-order valence-electron chi connectivity index (χ3n) is 0.672. The Bertz CT molecular complexity index is 229. The summed E-state index contributed by atoms with van der Waals surface area (Å²) in [4.78, 5) is 10.1. The lowest BCUT2D eigenvalue weighted by Crippen LogP contribution is -1.80. The maximum Gasteiger partial charge on any atom is 0.162 e. The van der Waals surface area contributed by atoms with E-state index in [0.29, 0.717) is 6.29 Å². The molecule has 0 spiro atoms. The van der Waals surface area contributed by atoms with Crippen molar-refractivity contribution in [1.82, 2.24) is 0 Å². The molecule has 0 bridgehead atoms. The highest BCUT2D eigenvalue weighted by molar-refractivity contribution is 9.12. The smallest absolute Gasteiger partial charge is 0.162 e. The van der Waals surface area contributed by atoms with E-state index < -0.39 is 0 Å². The van der Waals surface area contributed by atoms with Gasteiger partial charge in [0.1, 0.15) is 8.97 Å². The van der Waals surface area contributed by atoms with Crippen LogP contribution in [0.2, 0.25) is 0 Å². The van der Waals surface area contributed by atoms with Gasteiger partial charge in [0.15, 0.2) is 6.29 Å². The first-order chi connectivity index (χ1) is 5.00. The van der Waals surface area contributed by atoms with Gasteiger partial charge in [-0.25, -0.2) is 0 Å². The molecule has 0 aromatic rings. The molecular formula is C5HBrCl4O. The van der Waals surface area contributed by atoms with Gasteiger partial charge in [-0.3, -0.25) is 4.79 Å². The Morgan fingerprint density at radius 3 is 1.82 bits per heavy atom. The minimum atomic E-state index is -0.186. The number of carbonyl (C=O) groups is 1. The lowest BCUT2D eigenvalue weighted by atomic mass is 10.5. The summed E-state index contributed by atoms with van der Waals surface area (Å²) in [6.07, 6.45) is 0.374. The Kier molecular flexibility index (Phi) is 5.83. The van der Waals surface area contributed by atoms with Crippen LogP contribution in [0, 0.1) is 0 Å². The third-order valence-corrected chi connectivity index (χ3v) is 2.82. The normalized spacial score (nSPS) is 15.4. The maximum atomic E-state index is 10.1. The molecule has 1 nitrogen and oxygen atoms in total. The maximum absolute atomic E-state index is 10.1. The van der Waals surface area contributed by atoms with Gasteiger partial charge in [0.2, 0.25) is 0 Å². The third kappa shape index (κ3) is 3.81. The molecule has 0 aliphatic rings. The van der Waals surface area contributed by atoms with Crippen molar-refractivity contribution in [3.8, 4) is 0 Å². The summed E-state index contributed by atoms with van der Waals surface area (Å²) in [7, 11) is 0. The van der Waals surface area contributed by atoms with Gasteiger partial charge in [0.25, 0.3) is 0 Å².